The quantitative estimate of drug-likeness (QED) is 0.338. The van der Waals surface area contributed by atoms with Gasteiger partial charge in [0.25, 0.3) is 5.91 Å². The van der Waals surface area contributed by atoms with Crippen molar-refractivity contribution in [1.82, 2.24) is 0 Å². The molecule has 0 aliphatic rings. The molecule has 8 heteroatoms. The SMILES string of the molecule is O=C(Nc1ccc(-c2ccc(CO)o2)c(Cl)c1)c1ccc(-c2cc(Cl)ccc2Cl)o1. The van der Waals surface area contributed by atoms with E-state index in [1.54, 1.807) is 60.7 Å². The van der Waals surface area contributed by atoms with Gasteiger partial charge in [0.15, 0.2) is 5.76 Å². The maximum atomic E-state index is 12.6. The van der Waals surface area contributed by atoms with Crippen molar-refractivity contribution in [3.05, 3.63) is 87.3 Å². The lowest BCUT2D eigenvalue weighted by molar-refractivity contribution is 0.0997. The van der Waals surface area contributed by atoms with Crippen LogP contribution in [0.4, 0.5) is 5.69 Å². The lowest BCUT2D eigenvalue weighted by atomic mass is 10.1. The molecule has 0 saturated heterocycles. The van der Waals surface area contributed by atoms with E-state index in [1.165, 1.54) is 0 Å². The minimum atomic E-state index is -0.441. The molecule has 2 aromatic carbocycles. The van der Waals surface area contributed by atoms with Crippen molar-refractivity contribution in [1.29, 1.82) is 0 Å². The first-order valence-electron chi connectivity index (χ1n) is 8.80. The molecule has 0 aliphatic carbocycles. The van der Waals surface area contributed by atoms with Crippen LogP contribution in [-0.2, 0) is 6.61 Å². The largest absolute Gasteiger partial charge is 0.459 e. The molecular weight excluding hydrogens is 449 g/mol. The minimum Gasteiger partial charge on any atom is -0.459 e. The van der Waals surface area contributed by atoms with Crippen LogP contribution >= 0.6 is 34.8 Å². The van der Waals surface area contributed by atoms with Gasteiger partial charge in [0.05, 0.1) is 10.0 Å². The van der Waals surface area contributed by atoms with Crippen LogP contribution in [0.3, 0.4) is 0 Å². The van der Waals surface area contributed by atoms with Crippen molar-refractivity contribution < 1.29 is 18.7 Å². The van der Waals surface area contributed by atoms with Crippen LogP contribution in [0, 0.1) is 0 Å². The van der Waals surface area contributed by atoms with Crippen molar-refractivity contribution in [2.45, 2.75) is 6.61 Å². The van der Waals surface area contributed by atoms with E-state index in [-0.39, 0.29) is 12.4 Å². The summed E-state index contributed by atoms with van der Waals surface area (Å²) in [7, 11) is 0. The number of carbonyl (C=O) groups is 1. The zero-order valence-corrected chi connectivity index (χ0v) is 17.6. The Balaban J connectivity index is 1.52. The Kier molecular flexibility index (Phi) is 5.88. The maximum absolute atomic E-state index is 12.6. The van der Waals surface area contributed by atoms with Crippen molar-refractivity contribution >= 4 is 46.4 Å². The van der Waals surface area contributed by atoms with Gasteiger partial charge in [-0.3, -0.25) is 4.79 Å². The highest BCUT2D eigenvalue weighted by atomic mass is 35.5. The average Bonchev–Trinajstić information content (AvgIpc) is 3.39. The number of aliphatic hydroxyl groups excluding tert-OH is 1. The van der Waals surface area contributed by atoms with Crippen LogP contribution in [0.15, 0.2) is 69.5 Å². The summed E-state index contributed by atoms with van der Waals surface area (Å²) in [6.45, 7) is -0.197. The van der Waals surface area contributed by atoms with Gasteiger partial charge >= 0.3 is 0 Å². The van der Waals surface area contributed by atoms with Gasteiger partial charge in [-0.25, -0.2) is 0 Å². The maximum Gasteiger partial charge on any atom is 0.291 e. The number of hydrogen-bond donors (Lipinski definition) is 2. The van der Waals surface area contributed by atoms with Crippen LogP contribution in [0.25, 0.3) is 22.6 Å². The lowest BCUT2D eigenvalue weighted by Crippen LogP contribution is -2.10. The first-order chi connectivity index (χ1) is 14.4. The summed E-state index contributed by atoms with van der Waals surface area (Å²) >= 11 is 18.5. The van der Waals surface area contributed by atoms with Gasteiger partial charge in [0.1, 0.15) is 23.9 Å². The summed E-state index contributed by atoms with van der Waals surface area (Å²) < 4.78 is 11.1. The van der Waals surface area contributed by atoms with Crippen LogP contribution < -0.4 is 5.32 Å². The normalized spacial score (nSPS) is 10.9. The predicted molar refractivity (Wildman–Crippen MR) is 117 cm³/mol. The van der Waals surface area contributed by atoms with Crippen LogP contribution in [0.2, 0.25) is 15.1 Å². The molecule has 2 N–H and O–H groups in total. The molecule has 2 aromatic heterocycles. The second-order valence-electron chi connectivity index (χ2n) is 6.36. The standard InChI is InChI=1S/C22H14Cl3NO4/c23-12-1-5-17(24)16(9-12)20-7-8-21(30-20)22(28)26-13-2-4-15(18(25)10-13)19-6-3-14(11-27)29-19/h1-10,27H,11H2,(H,26,28). The molecule has 1 amide bonds. The van der Waals surface area contributed by atoms with E-state index in [9.17, 15) is 4.79 Å². The molecule has 0 bridgehead atoms. The van der Waals surface area contributed by atoms with Crippen LogP contribution in [0.5, 0.6) is 0 Å². The Bertz CT molecular complexity index is 1230. The van der Waals surface area contributed by atoms with Gasteiger partial charge in [-0.05, 0) is 60.7 Å². The van der Waals surface area contributed by atoms with E-state index in [2.05, 4.69) is 5.32 Å². The highest BCUT2D eigenvalue weighted by Gasteiger charge is 2.16. The average molecular weight is 463 g/mol. The third kappa shape index (κ3) is 4.25. The molecule has 0 fully saturated rings. The van der Waals surface area contributed by atoms with E-state index >= 15 is 0 Å². The lowest BCUT2D eigenvalue weighted by Gasteiger charge is -2.07. The Labute approximate surface area is 186 Å². The number of nitrogens with one attached hydrogen (secondary N) is 1. The van der Waals surface area contributed by atoms with Gasteiger partial charge in [0.2, 0.25) is 0 Å². The van der Waals surface area contributed by atoms with Crippen molar-refractivity contribution in [2.24, 2.45) is 0 Å². The number of hydrogen-bond acceptors (Lipinski definition) is 4. The smallest absolute Gasteiger partial charge is 0.291 e. The van der Waals surface area contributed by atoms with Crippen LogP contribution in [0.1, 0.15) is 16.3 Å². The second kappa shape index (κ2) is 8.58. The Hall–Kier alpha value is -2.70. The number of aliphatic hydroxyl groups is 1. The Morgan fingerprint density at radius 1 is 0.833 bits per heavy atom. The fourth-order valence-corrected chi connectivity index (χ4v) is 3.54. The zero-order chi connectivity index (χ0) is 21.3. The third-order valence-corrected chi connectivity index (χ3v) is 5.21. The highest BCUT2D eigenvalue weighted by Crippen LogP contribution is 2.33. The van der Waals surface area contributed by atoms with Crippen molar-refractivity contribution in [2.75, 3.05) is 5.32 Å². The molecule has 2 heterocycles. The topological polar surface area (TPSA) is 75.6 Å². The number of amides is 1. The van der Waals surface area contributed by atoms with Gasteiger partial charge < -0.3 is 19.3 Å². The van der Waals surface area contributed by atoms with Gasteiger partial charge in [-0.2, -0.15) is 0 Å². The second-order valence-corrected chi connectivity index (χ2v) is 7.61. The zero-order valence-electron chi connectivity index (χ0n) is 15.3. The number of rotatable bonds is 5. The van der Waals surface area contributed by atoms with E-state index < -0.39 is 5.91 Å². The van der Waals surface area contributed by atoms with Gasteiger partial charge in [0, 0.05) is 21.8 Å². The summed E-state index contributed by atoms with van der Waals surface area (Å²) in [5.41, 5.74) is 1.72. The molecule has 30 heavy (non-hydrogen) atoms. The van der Waals surface area contributed by atoms with Crippen molar-refractivity contribution in [3.63, 3.8) is 0 Å². The monoisotopic (exact) mass is 461 g/mol. The fraction of sp³-hybridized carbons (Fsp3) is 0.0455. The summed E-state index contributed by atoms with van der Waals surface area (Å²) in [4.78, 5) is 12.6. The first kappa shape index (κ1) is 20.6. The number of furan rings is 2. The molecule has 0 radical (unpaired) electrons. The number of anilines is 1. The summed E-state index contributed by atoms with van der Waals surface area (Å²) in [5, 5.41) is 13.2. The molecular formula is C22H14Cl3NO4. The molecule has 4 aromatic rings. The highest BCUT2D eigenvalue weighted by molar-refractivity contribution is 6.35. The van der Waals surface area contributed by atoms with E-state index in [0.717, 1.165) is 0 Å². The molecule has 0 saturated carbocycles. The summed E-state index contributed by atoms with van der Waals surface area (Å²) in [6, 6.07) is 16.6. The van der Waals surface area contributed by atoms with E-state index in [4.69, 9.17) is 48.7 Å². The molecule has 5 nitrogen and oxygen atoms in total. The minimum absolute atomic E-state index is 0.111. The molecule has 0 atom stereocenters. The predicted octanol–water partition coefficient (Wildman–Crippen LogP) is 6.91. The number of halogens is 3. The molecule has 0 aliphatic heterocycles. The van der Waals surface area contributed by atoms with Crippen LogP contribution in [-0.4, -0.2) is 11.0 Å². The summed E-state index contributed by atoms with van der Waals surface area (Å²) in [5.74, 6) is 1.06. The number of carbonyl (C=O) groups excluding carboxylic acids is 1. The molecule has 4 rings (SSSR count). The molecule has 152 valence electrons. The first-order valence-corrected chi connectivity index (χ1v) is 9.94. The van der Waals surface area contributed by atoms with Gasteiger partial charge in [-0.1, -0.05) is 34.8 Å². The molecule has 0 unspecified atom stereocenters. The summed E-state index contributed by atoms with van der Waals surface area (Å²) in [6.07, 6.45) is 0. The third-order valence-electron chi connectivity index (χ3n) is 4.33. The van der Waals surface area contributed by atoms with E-state index in [1.807, 2.05) is 0 Å². The Morgan fingerprint density at radius 3 is 2.33 bits per heavy atom. The fourth-order valence-electron chi connectivity index (χ4n) is 2.88. The molecule has 0 spiro atoms. The van der Waals surface area contributed by atoms with E-state index in [0.29, 0.717) is 49.2 Å². The Morgan fingerprint density at radius 2 is 1.60 bits per heavy atom. The van der Waals surface area contributed by atoms with Gasteiger partial charge in [-0.15, -0.1) is 0 Å². The van der Waals surface area contributed by atoms with Crippen molar-refractivity contribution in [3.8, 4) is 22.6 Å². The number of benzene rings is 2.